The average molecular weight is 437 g/mol. The van der Waals surface area contributed by atoms with Crippen LogP contribution in [0.2, 0.25) is 0 Å². The summed E-state index contributed by atoms with van der Waals surface area (Å²) in [6.45, 7) is -0.330. The molecule has 0 radical (unpaired) electrons. The summed E-state index contributed by atoms with van der Waals surface area (Å²) in [5, 5.41) is 23.1. The first-order valence-electron chi connectivity index (χ1n) is 9.94. The fraction of sp³-hybridized carbons (Fsp3) is 0.571. The minimum atomic E-state index is -0.432. The molecule has 0 aliphatic heterocycles. The van der Waals surface area contributed by atoms with E-state index in [1.54, 1.807) is 0 Å². The average Bonchev–Trinajstić information content (AvgIpc) is 2.85. The highest BCUT2D eigenvalue weighted by Gasteiger charge is 2.19. The molecule has 5 nitrogen and oxygen atoms in total. The van der Waals surface area contributed by atoms with Crippen molar-refractivity contribution in [2.45, 2.75) is 57.4 Å². The molecule has 2 aromatic rings. The van der Waals surface area contributed by atoms with E-state index < -0.39 is 6.04 Å². The lowest BCUT2D eigenvalue weighted by atomic mass is 9.95. The summed E-state index contributed by atoms with van der Waals surface area (Å²) >= 11 is 3.56. The van der Waals surface area contributed by atoms with Crippen molar-refractivity contribution >= 4 is 38.4 Å². The summed E-state index contributed by atoms with van der Waals surface area (Å²) in [5.74, 6) is 0.693. The monoisotopic (exact) mass is 436 g/mol. The number of aliphatic hydroxyl groups is 2. The van der Waals surface area contributed by atoms with Gasteiger partial charge in [0.05, 0.1) is 30.5 Å². The molecule has 3 rings (SSSR count). The highest BCUT2D eigenvalue weighted by Crippen LogP contribution is 2.35. The smallest absolute Gasteiger partial charge is 0.224 e. The van der Waals surface area contributed by atoms with Gasteiger partial charge in [-0.2, -0.15) is 0 Å². The number of hydrogen-bond acceptors (Lipinski definition) is 3. The van der Waals surface area contributed by atoms with Crippen LogP contribution in [0.1, 0.15) is 57.4 Å². The number of nitrogens with zero attached hydrogens (tertiary/aromatic N) is 1. The standard InChI is InChI=1S/C21H29BrN2O3/c22-17-8-5-9-19-21(17)18(12-24(19)16(13-25)14-26)23-20(27)11-10-15-6-3-1-2-4-7-15/h5,8-9,12,15-16,25-26H,1-4,6-7,10-11,13-14H2,(H,23,27). The molecule has 0 bridgehead atoms. The van der Waals surface area contributed by atoms with Crippen LogP contribution in [0.4, 0.5) is 5.69 Å². The van der Waals surface area contributed by atoms with E-state index in [1.165, 1.54) is 38.5 Å². The van der Waals surface area contributed by atoms with Crippen LogP contribution in [0.25, 0.3) is 10.9 Å². The summed E-state index contributed by atoms with van der Waals surface area (Å²) in [7, 11) is 0. The zero-order valence-electron chi connectivity index (χ0n) is 15.7. The molecular formula is C21H29BrN2O3. The second-order valence-electron chi connectivity index (χ2n) is 7.55. The Morgan fingerprint density at radius 2 is 1.89 bits per heavy atom. The van der Waals surface area contributed by atoms with Crippen molar-refractivity contribution in [2.75, 3.05) is 18.5 Å². The van der Waals surface area contributed by atoms with Gasteiger partial charge < -0.3 is 20.1 Å². The molecule has 0 atom stereocenters. The number of fused-ring (bicyclic) bond motifs is 1. The van der Waals surface area contributed by atoms with Crippen molar-refractivity contribution in [1.82, 2.24) is 4.57 Å². The van der Waals surface area contributed by atoms with Crippen LogP contribution >= 0.6 is 15.9 Å². The van der Waals surface area contributed by atoms with Gasteiger partial charge >= 0.3 is 0 Å². The fourth-order valence-corrected chi connectivity index (χ4v) is 4.67. The predicted octanol–water partition coefficient (Wildman–Crippen LogP) is 4.62. The highest BCUT2D eigenvalue weighted by molar-refractivity contribution is 9.10. The Bertz CT molecular complexity index is 762. The minimum Gasteiger partial charge on any atom is -0.394 e. The molecule has 1 aliphatic rings. The van der Waals surface area contributed by atoms with Crippen LogP contribution in [-0.4, -0.2) is 33.9 Å². The van der Waals surface area contributed by atoms with E-state index in [1.807, 2.05) is 29.0 Å². The molecule has 1 amide bonds. The van der Waals surface area contributed by atoms with Gasteiger partial charge in [0.15, 0.2) is 0 Å². The molecular weight excluding hydrogens is 408 g/mol. The summed E-state index contributed by atoms with van der Waals surface area (Å²) in [6, 6.07) is 5.34. The number of nitrogens with one attached hydrogen (secondary N) is 1. The SMILES string of the molecule is O=C(CCC1CCCCCC1)Nc1cn(C(CO)CO)c2cccc(Br)c12. The molecule has 1 saturated carbocycles. The predicted molar refractivity (Wildman–Crippen MR) is 112 cm³/mol. The largest absolute Gasteiger partial charge is 0.394 e. The Balaban J connectivity index is 1.74. The molecule has 0 spiro atoms. The van der Waals surface area contributed by atoms with Gasteiger partial charge in [0, 0.05) is 22.5 Å². The van der Waals surface area contributed by atoms with Crippen molar-refractivity contribution in [3.63, 3.8) is 0 Å². The van der Waals surface area contributed by atoms with Crippen LogP contribution in [0, 0.1) is 5.92 Å². The minimum absolute atomic E-state index is 0.0265. The van der Waals surface area contributed by atoms with E-state index in [4.69, 9.17) is 0 Å². The number of hydrogen-bond donors (Lipinski definition) is 3. The Hall–Kier alpha value is -1.37. The molecule has 1 aromatic carbocycles. The number of amides is 1. The number of anilines is 1. The molecule has 148 valence electrons. The summed E-state index contributed by atoms with van der Waals surface area (Å²) in [5.41, 5.74) is 1.59. The number of rotatable bonds is 7. The third kappa shape index (κ3) is 4.92. The quantitative estimate of drug-likeness (QED) is 0.554. The molecule has 3 N–H and O–H groups in total. The van der Waals surface area contributed by atoms with Crippen LogP contribution < -0.4 is 5.32 Å². The molecule has 0 unspecified atom stereocenters. The molecule has 1 aromatic heterocycles. The fourth-order valence-electron chi connectivity index (χ4n) is 4.10. The number of aromatic nitrogens is 1. The van der Waals surface area contributed by atoms with Gasteiger partial charge in [0.1, 0.15) is 0 Å². The molecule has 1 aliphatic carbocycles. The Kier molecular flexibility index (Phi) is 7.33. The lowest BCUT2D eigenvalue weighted by molar-refractivity contribution is -0.116. The van der Waals surface area contributed by atoms with Crippen LogP contribution in [0.15, 0.2) is 28.9 Å². The molecule has 6 heteroatoms. The van der Waals surface area contributed by atoms with Gasteiger partial charge in [-0.25, -0.2) is 0 Å². The second kappa shape index (κ2) is 9.71. The Morgan fingerprint density at radius 3 is 2.56 bits per heavy atom. The van der Waals surface area contributed by atoms with Gasteiger partial charge in [-0.05, 0) is 24.5 Å². The van der Waals surface area contributed by atoms with E-state index in [2.05, 4.69) is 21.2 Å². The van der Waals surface area contributed by atoms with Crippen molar-refractivity contribution in [1.29, 1.82) is 0 Å². The Labute approximate surface area is 168 Å². The Morgan fingerprint density at radius 1 is 1.19 bits per heavy atom. The maximum atomic E-state index is 12.6. The number of carbonyl (C=O) groups excluding carboxylic acids is 1. The second-order valence-corrected chi connectivity index (χ2v) is 8.40. The lowest BCUT2D eigenvalue weighted by Crippen LogP contribution is -2.16. The van der Waals surface area contributed by atoms with E-state index >= 15 is 0 Å². The first-order valence-corrected chi connectivity index (χ1v) is 10.7. The lowest BCUT2D eigenvalue weighted by Gasteiger charge is -2.14. The third-order valence-electron chi connectivity index (χ3n) is 5.65. The first-order chi connectivity index (χ1) is 13.1. The molecule has 1 heterocycles. The van der Waals surface area contributed by atoms with Gasteiger partial charge in [-0.15, -0.1) is 0 Å². The van der Waals surface area contributed by atoms with Crippen LogP contribution in [0.5, 0.6) is 0 Å². The number of halogens is 1. The van der Waals surface area contributed by atoms with Gasteiger partial charge in [0.2, 0.25) is 5.91 Å². The molecule has 1 fully saturated rings. The third-order valence-corrected chi connectivity index (χ3v) is 6.31. The van der Waals surface area contributed by atoms with Crippen molar-refractivity contribution in [3.05, 3.63) is 28.9 Å². The topological polar surface area (TPSA) is 74.5 Å². The van der Waals surface area contributed by atoms with E-state index in [-0.39, 0.29) is 19.1 Å². The van der Waals surface area contributed by atoms with Crippen molar-refractivity contribution < 1.29 is 15.0 Å². The summed E-state index contributed by atoms with van der Waals surface area (Å²) in [6.07, 6.45) is 11.0. The summed E-state index contributed by atoms with van der Waals surface area (Å²) < 4.78 is 2.72. The van der Waals surface area contributed by atoms with Gasteiger partial charge in [0.25, 0.3) is 0 Å². The maximum absolute atomic E-state index is 12.6. The van der Waals surface area contributed by atoms with Gasteiger partial charge in [-0.1, -0.05) is 60.5 Å². The zero-order valence-corrected chi connectivity index (χ0v) is 17.2. The normalized spacial score (nSPS) is 16.0. The van der Waals surface area contributed by atoms with E-state index in [0.717, 1.165) is 27.5 Å². The summed E-state index contributed by atoms with van der Waals surface area (Å²) in [4.78, 5) is 12.6. The first kappa shape index (κ1) is 20.4. The zero-order chi connectivity index (χ0) is 19.2. The van der Waals surface area contributed by atoms with E-state index in [9.17, 15) is 15.0 Å². The maximum Gasteiger partial charge on any atom is 0.224 e. The van der Waals surface area contributed by atoms with E-state index in [0.29, 0.717) is 12.3 Å². The van der Waals surface area contributed by atoms with Crippen LogP contribution in [0.3, 0.4) is 0 Å². The number of aliphatic hydroxyl groups excluding tert-OH is 2. The van der Waals surface area contributed by atoms with Crippen molar-refractivity contribution in [3.8, 4) is 0 Å². The van der Waals surface area contributed by atoms with Gasteiger partial charge in [-0.3, -0.25) is 4.79 Å². The number of benzene rings is 1. The van der Waals surface area contributed by atoms with Crippen molar-refractivity contribution in [2.24, 2.45) is 5.92 Å². The van der Waals surface area contributed by atoms with Crippen LogP contribution in [-0.2, 0) is 4.79 Å². The number of carbonyl (C=O) groups is 1. The highest BCUT2D eigenvalue weighted by atomic mass is 79.9. The molecule has 0 saturated heterocycles. The molecule has 27 heavy (non-hydrogen) atoms.